The van der Waals surface area contributed by atoms with E-state index in [-0.39, 0.29) is 22.5 Å². The maximum atomic E-state index is 12.9. The molecule has 0 unspecified atom stereocenters. The molecule has 0 radical (unpaired) electrons. The second-order valence-electron chi connectivity index (χ2n) is 6.43. The number of carbonyl (C=O) groups is 1. The van der Waals surface area contributed by atoms with Crippen molar-refractivity contribution in [2.24, 2.45) is 5.92 Å². The minimum Gasteiger partial charge on any atom is -0.495 e. The zero-order valence-electron chi connectivity index (χ0n) is 15.1. The van der Waals surface area contributed by atoms with Crippen LogP contribution in [0.3, 0.4) is 0 Å². The SMILES string of the molecule is COc1ccc(C)cc1S(=O)(=O)N[C@H](C(=O)N1CCOCC1)C(C)C. The van der Waals surface area contributed by atoms with Gasteiger partial charge in [0.25, 0.3) is 0 Å². The summed E-state index contributed by atoms with van der Waals surface area (Å²) in [6.07, 6.45) is 0. The molecule has 1 fully saturated rings. The number of amides is 1. The molecule has 1 saturated heterocycles. The number of nitrogens with zero attached hydrogens (tertiary/aromatic N) is 1. The van der Waals surface area contributed by atoms with Gasteiger partial charge >= 0.3 is 0 Å². The van der Waals surface area contributed by atoms with Crippen LogP contribution in [-0.4, -0.2) is 58.7 Å². The highest BCUT2D eigenvalue weighted by atomic mass is 32.2. The van der Waals surface area contributed by atoms with Gasteiger partial charge in [0.05, 0.1) is 20.3 Å². The highest BCUT2D eigenvalue weighted by Gasteiger charge is 2.33. The fourth-order valence-electron chi connectivity index (χ4n) is 2.68. The number of aryl methyl sites for hydroxylation is 1. The number of rotatable bonds is 6. The van der Waals surface area contributed by atoms with Crippen LogP contribution in [0.1, 0.15) is 19.4 Å². The number of ether oxygens (including phenoxy) is 2. The van der Waals surface area contributed by atoms with Crippen molar-refractivity contribution >= 4 is 15.9 Å². The monoisotopic (exact) mass is 370 g/mol. The van der Waals surface area contributed by atoms with Gasteiger partial charge in [-0.25, -0.2) is 8.42 Å². The zero-order valence-corrected chi connectivity index (χ0v) is 15.9. The Morgan fingerprint density at radius 2 is 1.92 bits per heavy atom. The van der Waals surface area contributed by atoms with E-state index in [4.69, 9.17) is 9.47 Å². The van der Waals surface area contributed by atoms with E-state index in [0.717, 1.165) is 5.56 Å². The molecular formula is C17H26N2O5S. The standard InChI is InChI=1S/C17H26N2O5S/c1-12(2)16(17(20)19-7-9-24-10-8-19)18-25(21,22)15-11-13(3)5-6-14(15)23-4/h5-6,11-12,16,18H,7-10H2,1-4H3/t16-/m0/s1. The number of nitrogens with one attached hydrogen (secondary N) is 1. The Kier molecular flexibility index (Phi) is 6.42. The molecule has 1 atom stereocenters. The molecule has 1 amide bonds. The van der Waals surface area contributed by atoms with Crippen LogP contribution in [0, 0.1) is 12.8 Å². The second kappa shape index (κ2) is 8.16. The van der Waals surface area contributed by atoms with Crippen molar-refractivity contribution in [1.29, 1.82) is 0 Å². The topological polar surface area (TPSA) is 84.9 Å². The summed E-state index contributed by atoms with van der Waals surface area (Å²) in [5, 5.41) is 0. The van der Waals surface area contributed by atoms with Gasteiger partial charge in [0.15, 0.2) is 0 Å². The van der Waals surface area contributed by atoms with Gasteiger partial charge in [0, 0.05) is 13.1 Å². The van der Waals surface area contributed by atoms with Crippen LogP contribution >= 0.6 is 0 Å². The van der Waals surface area contributed by atoms with Crippen molar-refractivity contribution in [3.63, 3.8) is 0 Å². The second-order valence-corrected chi connectivity index (χ2v) is 8.12. The van der Waals surface area contributed by atoms with E-state index in [1.807, 2.05) is 13.8 Å². The van der Waals surface area contributed by atoms with E-state index in [9.17, 15) is 13.2 Å². The van der Waals surface area contributed by atoms with Gasteiger partial charge in [-0.05, 0) is 30.5 Å². The molecule has 1 aliphatic rings. The molecule has 140 valence electrons. The van der Waals surface area contributed by atoms with Crippen LogP contribution < -0.4 is 9.46 Å². The molecule has 1 heterocycles. The predicted molar refractivity (Wildman–Crippen MR) is 94.1 cm³/mol. The maximum absolute atomic E-state index is 12.9. The fraction of sp³-hybridized carbons (Fsp3) is 0.588. The molecule has 2 rings (SSSR count). The number of carbonyl (C=O) groups excluding carboxylic acids is 1. The van der Waals surface area contributed by atoms with Gasteiger partial charge in [0.2, 0.25) is 15.9 Å². The number of morpholine rings is 1. The first kappa shape index (κ1) is 19.7. The summed E-state index contributed by atoms with van der Waals surface area (Å²) in [4.78, 5) is 14.5. The van der Waals surface area contributed by atoms with E-state index in [0.29, 0.717) is 26.3 Å². The van der Waals surface area contributed by atoms with Crippen molar-refractivity contribution in [2.45, 2.75) is 31.7 Å². The van der Waals surface area contributed by atoms with Crippen molar-refractivity contribution in [3.8, 4) is 5.75 Å². The number of benzene rings is 1. The van der Waals surface area contributed by atoms with Gasteiger partial charge in [-0.2, -0.15) is 4.72 Å². The maximum Gasteiger partial charge on any atom is 0.244 e. The van der Waals surface area contributed by atoms with E-state index in [1.54, 1.807) is 24.0 Å². The van der Waals surface area contributed by atoms with Crippen molar-refractivity contribution in [1.82, 2.24) is 9.62 Å². The third-order valence-electron chi connectivity index (χ3n) is 4.15. The summed E-state index contributed by atoms with van der Waals surface area (Å²) in [6.45, 7) is 7.31. The lowest BCUT2D eigenvalue weighted by Crippen LogP contribution is -2.53. The lowest BCUT2D eigenvalue weighted by Gasteiger charge is -2.32. The Hall–Kier alpha value is -1.64. The lowest BCUT2D eigenvalue weighted by atomic mass is 10.0. The average molecular weight is 370 g/mol. The summed E-state index contributed by atoms with van der Waals surface area (Å²) in [5.74, 6) is -0.172. The Morgan fingerprint density at radius 3 is 2.48 bits per heavy atom. The molecule has 1 aromatic rings. The first-order valence-electron chi connectivity index (χ1n) is 8.29. The third-order valence-corrected chi connectivity index (χ3v) is 5.61. The van der Waals surface area contributed by atoms with Gasteiger partial charge in [-0.3, -0.25) is 4.79 Å². The lowest BCUT2D eigenvalue weighted by molar-refractivity contribution is -0.138. The van der Waals surface area contributed by atoms with Crippen LogP contribution in [0.25, 0.3) is 0 Å². The number of hydrogen-bond donors (Lipinski definition) is 1. The minimum absolute atomic E-state index is 0.0374. The van der Waals surface area contributed by atoms with Crippen LogP contribution in [-0.2, 0) is 19.6 Å². The Bertz CT molecular complexity index is 712. The summed E-state index contributed by atoms with van der Waals surface area (Å²) in [6, 6.07) is 4.08. The molecule has 1 N–H and O–H groups in total. The third kappa shape index (κ3) is 4.71. The Morgan fingerprint density at radius 1 is 1.28 bits per heavy atom. The Balaban J connectivity index is 2.29. The van der Waals surface area contributed by atoms with Crippen molar-refractivity contribution < 1.29 is 22.7 Å². The van der Waals surface area contributed by atoms with Gasteiger partial charge in [-0.15, -0.1) is 0 Å². The molecule has 1 aliphatic heterocycles. The van der Waals surface area contributed by atoms with Crippen LogP contribution in [0.2, 0.25) is 0 Å². The van der Waals surface area contributed by atoms with Crippen LogP contribution in [0.15, 0.2) is 23.1 Å². The van der Waals surface area contributed by atoms with Crippen LogP contribution in [0.5, 0.6) is 5.75 Å². The molecular weight excluding hydrogens is 344 g/mol. The predicted octanol–water partition coefficient (Wildman–Crippen LogP) is 1.17. The van der Waals surface area contributed by atoms with E-state index >= 15 is 0 Å². The highest BCUT2D eigenvalue weighted by Crippen LogP contribution is 2.25. The molecule has 0 bridgehead atoms. The summed E-state index contributed by atoms with van der Waals surface area (Å²) >= 11 is 0. The van der Waals surface area contributed by atoms with E-state index in [1.165, 1.54) is 13.2 Å². The molecule has 1 aromatic carbocycles. The quantitative estimate of drug-likeness (QED) is 0.812. The number of methoxy groups -OCH3 is 1. The van der Waals surface area contributed by atoms with Crippen molar-refractivity contribution in [2.75, 3.05) is 33.4 Å². The van der Waals surface area contributed by atoms with Gasteiger partial charge in [-0.1, -0.05) is 19.9 Å². The zero-order chi connectivity index (χ0) is 18.6. The minimum atomic E-state index is -3.91. The molecule has 7 nitrogen and oxygen atoms in total. The summed E-state index contributed by atoms with van der Waals surface area (Å²) < 4.78 is 38.8. The van der Waals surface area contributed by atoms with Crippen LogP contribution in [0.4, 0.5) is 0 Å². The molecule has 0 spiro atoms. The van der Waals surface area contributed by atoms with E-state index < -0.39 is 16.1 Å². The fourth-order valence-corrected chi connectivity index (χ4v) is 4.27. The average Bonchev–Trinajstić information content (AvgIpc) is 2.59. The first-order chi connectivity index (χ1) is 11.8. The molecule has 0 saturated carbocycles. The molecule has 8 heteroatoms. The van der Waals surface area contributed by atoms with E-state index in [2.05, 4.69) is 4.72 Å². The largest absolute Gasteiger partial charge is 0.495 e. The van der Waals surface area contributed by atoms with Gasteiger partial charge < -0.3 is 14.4 Å². The normalized spacial score (nSPS) is 16.8. The summed E-state index contributed by atoms with van der Waals surface area (Å²) in [7, 11) is -2.49. The highest BCUT2D eigenvalue weighted by molar-refractivity contribution is 7.89. The molecule has 0 aliphatic carbocycles. The van der Waals surface area contributed by atoms with Crippen molar-refractivity contribution in [3.05, 3.63) is 23.8 Å². The summed E-state index contributed by atoms with van der Waals surface area (Å²) in [5.41, 5.74) is 0.793. The molecule has 25 heavy (non-hydrogen) atoms. The molecule has 0 aromatic heterocycles. The smallest absolute Gasteiger partial charge is 0.244 e. The van der Waals surface area contributed by atoms with Gasteiger partial charge in [0.1, 0.15) is 16.7 Å². The number of hydrogen-bond acceptors (Lipinski definition) is 5. The number of sulfonamides is 1. The first-order valence-corrected chi connectivity index (χ1v) is 9.78. The Labute approximate surface area is 149 Å².